The van der Waals surface area contributed by atoms with Gasteiger partial charge in [0.05, 0.1) is 36.1 Å². The number of Topliss-reactive ketones (excluding diaryl/α,β-unsaturated/α-hetero) is 1. The number of benzene rings is 1. The molecular formula is C21H22F3N5O4. The van der Waals surface area contributed by atoms with Crippen LogP contribution in [-0.2, 0) is 6.18 Å². The number of halogens is 3. The standard InChI is InChI=1S/C21H22F3N5O4/c1-33-14-7-12(21(22,23)24)6-13(8-14)26-18-17-15(9-25-10-16(17)31)27-19(28-18)29-4-2-20(32,11-30)3-5-29/h6-9,30,32H,2-5,10-11H2,1H3,(H,26,27,28). The molecule has 2 aliphatic heterocycles. The Morgan fingerprint density at radius 2 is 1.94 bits per heavy atom. The molecule has 1 fully saturated rings. The Morgan fingerprint density at radius 3 is 2.58 bits per heavy atom. The van der Waals surface area contributed by atoms with Gasteiger partial charge in [-0.2, -0.15) is 18.2 Å². The zero-order valence-electron chi connectivity index (χ0n) is 17.7. The number of nitrogens with zero attached hydrogens (tertiary/aromatic N) is 4. The average Bonchev–Trinajstić information content (AvgIpc) is 2.78. The summed E-state index contributed by atoms with van der Waals surface area (Å²) in [4.78, 5) is 27.1. The van der Waals surface area contributed by atoms with Gasteiger partial charge in [0.2, 0.25) is 5.95 Å². The molecule has 0 saturated carbocycles. The molecule has 1 saturated heterocycles. The number of anilines is 3. The Bertz CT molecular complexity index is 1100. The molecule has 0 bridgehead atoms. The van der Waals surface area contributed by atoms with Crippen LogP contribution in [0.4, 0.5) is 30.6 Å². The maximum atomic E-state index is 13.3. The first kappa shape index (κ1) is 22.9. The van der Waals surface area contributed by atoms with Crippen LogP contribution in [0.5, 0.6) is 5.75 Å². The summed E-state index contributed by atoms with van der Waals surface area (Å²) in [7, 11) is 1.26. The molecule has 33 heavy (non-hydrogen) atoms. The number of carbonyl (C=O) groups is 1. The molecular weight excluding hydrogens is 443 g/mol. The minimum atomic E-state index is -4.60. The molecule has 9 nitrogen and oxygen atoms in total. The van der Waals surface area contributed by atoms with E-state index in [-0.39, 0.29) is 66.2 Å². The minimum absolute atomic E-state index is 0.0114. The number of carbonyl (C=O) groups excluding carboxylic acids is 1. The molecule has 2 aliphatic rings. The highest BCUT2D eigenvalue weighted by molar-refractivity contribution is 6.11. The van der Waals surface area contributed by atoms with Crippen molar-refractivity contribution in [3.8, 4) is 5.75 Å². The monoisotopic (exact) mass is 465 g/mol. The van der Waals surface area contributed by atoms with E-state index in [1.807, 2.05) is 0 Å². The van der Waals surface area contributed by atoms with E-state index >= 15 is 0 Å². The molecule has 3 N–H and O–H groups in total. The number of hydrogen-bond acceptors (Lipinski definition) is 9. The summed E-state index contributed by atoms with van der Waals surface area (Å²) in [5.74, 6) is -0.0941. The third-order valence-corrected chi connectivity index (χ3v) is 5.66. The Kier molecular flexibility index (Phi) is 5.97. The summed E-state index contributed by atoms with van der Waals surface area (Å²) in [5.41, 5.74) is -1.68. The molecule has 3 heterocycles. The lowest BCUT2D eigenvalue weighted by atomic mass is 9.92. The SMILES string of the molecule is COc1cc(Nc2nc(N3CCC(O)(CO)CC3)nc3c2C(=O)CN=C3)cc(C(F)(F)F)c1. The fraction of sp³-hybridized carbons (Fsp3) is 0.429. The number of aromatic nitrogens is 2. The first-order valence-electron chi connectivity index (χ1n) is 10.2. The third-order valence-electron chi connectivity index (χ3n) is 5.66. The first-order chi connectivity index (χ1) is 15.6. The van der Waals surface area contributed by atoms with Crippen LogP contribution in [0.1, 0.15) is 34.5 Å². The number of aliphatic imine (C=N–C) groups is 1. The van der Waals surface area contributed by atoms with Crippen LogP contribution in [0, 0.1) is 0 Å². The highest BCUT2D eigenvalue weighted by Gasteiger charge is 2.34. The second-order valence-corrected chi connectivity index (χ2v) is 7.97. The van der Waals surface area contributed by atoms with E-state index in [2.05, 4.69) is 20.3 Å². The Labute approximate surface area is 186 Å². The lowest BCUT2D eigenvalue weighted by molar-refractivity contribution is -0.137. The van der Waals surface area contributed by atoms with Gasteiger partial charge in [-0.05, 0) is 25.0 Å². The third kappa shape index (κ3) is 4.76. The van der Waals surface area contributed by atoms with Crippen LogP contribution in [0.3, 0.4) is 0 Å². The van der Waals surface area contributed by atoms with E-state index in [0.29, 0.717) is 13.1 Å². The highest BCUT2D eigenvalue weighted by Crippen LogP contribution is 2.36. The molecule has 0 unspecified atom stereocenters. The molecule has 2 aromatic rings. The van der Waals surface area contributed by atoms with E-state index < -0.39 is 17.3 Å². The van der Waals surface area contributed by atoms with Gasteiger partial charge in [-0.15, -0.1) is 0 Å². The summed E-state index contributed by atoms with van der Waals surface area (Å²) >= 11 is 0. The molecule has 0 amide bonds. The summed E-state index contributed by atoms with van der Waals surface area (Å²) < 4.78 is 45.0. The summed E-state index contributed by atoms with van der Waals surface area (Å²) in [5, 5.41) is 22.5. The number of ether oxygens (including phenoxy) is 1. The Morgan fingerprint density at radius 1 is 1.21 bits per heavy atom. The van der Waals surface area contributed by atoms with Gasteiger partial charge >= 0.3 is 6.18 Å². The smallest absolute Gasteiger partial charge is 0.416 e. The summed E-state index contributed by atoms with van der Waals surface area (Å²) in [6.45, 7) is 0.205. The van der Waals surface area contributed by atoms with Crippen LogP contribution in [-0.4, -0.2) is 71.1 Å². The average molecular weight is 465 g/mol. The molecule has 0 radical (unpaired) electrons. The van der Waals surface area contributed by atoms with E-state index in [0.717, 1.165) is 12.1 Å². The number of aliphatic hydroxyl groups excluding tert-OH is 1. The van der Waals surface area contributed by atoms with Gasteiger partial charge in [-0.1, -0.05) is 0 Å². The zero-order chi connectivity index (χ0) is 23.8. The van der Waals surface area contributed by atoms with Crippen molar-refractivity contribution in [2.45, 2.75) is 24.6 Å². The number of hydrogen-bond donors (Lipinski definition) is 3. The van der Waals surface area contributed by atoms with Crippen molar-refractivity contribution >= 4 is 29.5 Å². The second-order valence-electron chi connectivity index (χ2n) is 7.97. The molecule has 1 aromatic carbocycles. The van der Waals surface area contributed by atoms with Crippen molar-refractivity contribution < 1.29 is 32.9 Å². The van der Waals surface area contributed by atoms with Crippen molar-refractivity contribution in [2.75, 3.05) is 43.6 Å². The molecule has 0 aliphatic carbocycles. The predicted octanol–water partition coefficient (Wildman–Crippen LogP) is 2.19. The normalized spacial score (nSPS) is 17.6. The molecule has 0 atom stereocenters. The number of methoxy groups -OCH3 is 1. The maximum Gasteiger partial charge on any atom is 0.416 e. The van der Waals surface area contributed by atoms with Crippen molar-refractivity contribution in [1.82, 2.24) is 9.97 Å². The molecule has 0 spiro atoms. The number of aliphatic hydroxyl groups is 2. The first-order valence-corrected chi connectivity index (χ1v) is 10.2. The van der Waals surface area contributed by atoms with E-state index in [1.54, 1.807) is 4.90 Å². The van der Waals surface area contributed by atoms with Crippen molar-refractivity contribution in [2.24, 2.45) is 4.99 Å². The van der Waals surface area contributed by atoms with Crippen LogP contribution in [0.25, 0.3) is 0 Å². The van der Waals surface area contributed by atoms with E-state index in [1.165, 1.54) is 19.4 Å². The van der Waals surface area contributed by atoms with Gasteiger partial charge in [-0.25, -0.2) is 4.98 Å². The number of alkyl halides is 3. The lowest BCUT2D eigenvalue weighted by Crippen LogP contribution is -2.47. The number of rotatable bonds is 5. The van der Waals surface area contributed by atoms with Gasteiger partial charge in [0.25, 0.3) is 0 Å². The summed E-state index contributed by atoms with van der Waals surface area (Å²) in [6, 6.07) is 3.15. The number of fused-ring (bicyclic) bond motifs is 1. The lowest BCUT2D eigenvalue weighted by Gasteiger charge is -2.37. The van der Waals surface area contributed by atoms with Gasteiger partial charge < -0.3 is 25.2 Å². The Balaban J connectivity index is 1.73. The number of ketones is 1. The maximum absolute atomic E-state index is 13.3. The molecule has 4 rings (SSSR count). The van der Waals surface area contributed by atoms with Crippen LogP contribution in [0.15, 0.2) is 23.2 Å². The van der Waals surface area contributed by atoms with Crippen molar-refractivity contribution in [3.63, 3.8) is 0 Å². The van der Waals surface area contributed by atoms with Crippen molar-refractivity contribution in [3.05, 3.63) is 35.0 Å². The van der Waals surface area contributed by atoms with Crippen LogP contribution >= 0.6 is 0 Å². The highest BCUT2D eigenvalue weighted by atomic mass is 19.4. The predicted molar refractivity (Wildman–Crippen MR) is 114 cm³/mol. The zero-order valence-corrected chi connectivity index (χ0v) is 17.7. The van der Waals surface area contributed by atoms with E-state index in [9.17, 15) is 28.2 Å². The Hall–Kier alpha value is -3.25. The molecule has 176 valence electrons. The molecule has 12 heteroatoms. The minimum Gasteiger partial charge on any atom is -0.497 e. The fourth-order valence-electron chi connectivity index (χ4n) is 3.73. The van der Waals surface area contributed by atoms with E-state index in [4.69, 9.17) is 4.74 Å². The van der Waals surface area contributed by atoms with Gasteiger partial charge in [-0.3, -0.25) is 9.79 Å². The fourth-order valence-corrected chi connectivity index (χ4v) is 3.73. The van der Waals surface area contributed by atoms with Gasteiger partial charge in [0, 0.05) is 31.1 Å². The number of piperidine rings is 1. The molecule has 1 aromatic heterocycles. The van der Waals surface area contributed by atoms with Crippen LogP contribution < -0.4 is 15.0 Å². The van der Waals surface area contributed by atoms with Gasteiger partial charge in [0.15, 0.2) is 5.78 Å². The van der Waals surface area contributed by atoms with Crippen molar-refractivity contribution in [1.29, 1.82) is 0 Å². The topological polar surface area (TPSA) is 120 Å². The second kappa shape index (κ2) is 8.60. The quantitative estimate of drug-likeness (QED) is 0.615. The van der Waals surface area contributed by atoms with Crippen LogP contribution in [0.2, 0.25) is 0 Å². The summed E-state index contributed by atoms with van der Waals surface area (Å²) in [6.07, 6.45) is -2.61. The number of nitrogens with one attached hydrogen (secondary N) is 1. The largest absolute Gasteiger partial charge is 0.497 e. The van der Waals surface area contributed by atoms with Gasteiger partial charge in [0.1, 0.15) is 18.1 Å².